The summed E-state index contributed by atoms with van der Waals surface area (Å²) in [6.45, 7) is 0. The fraction of sp³-hybridized carbons (Fsp3) is 0.0833. The van der Waals surface area contributed by atoms with Crippen molar-refractivity contribution in [3.8, 4) is 5.88 Å². The summed E-state index contributed by atoms with van der Waals surface area (Å²) in [5.41, 5.74) is -0.810. The van der Waals surface area contributed by atoms with Crippen molar-refractivity contribution in [1.29, 1.82) is 0 Å². The molecule has 0 fully saturated rings. The van der Waals surface area contributed by atoms with Gasteiger partial charge in [0.1, 0.15) is 11.6 Å². The van der Waals surface area contributed by atoms with E-state index in [2.05, 4.69) is 15.0 Å². The van der Waals surface area contributed by atoms with Crippen molar-refractivity contribution < 1.29 is 22.8 Å². The maximum absolute atomic E-state index is 13.4. The number of pyridine rings is 1. The highest BCUT2D eigenvalue weighted by molar-refractivity contribution is 5.66. The Bertz CT molecular complexity index is 689. The minimum absolute atomic E-state index is 0.114. The minimum atomic E-state index is -1.03. The third-order valence-electron chi connectivity index (χ3n) is 2.44. The fourth-order valence-corrected chi connectivity index (χ4v) is 1.60. The van der Waals surface area contributed by atoms with Crippen molar-refractivity contribution in [3.63, 3.8) is 0 Å². The van der Waals surface area contributed by atoms with Crippen LogP contribution in [0, 0.1) is 27.6 Å². The molecule has 0 atom stereocenters. The molecule has 2 aromatic rings. The number of aromatic nitrogens is 1. The summed E-state index contributed by atoms with van der Waals surface area (Å²) in [6.07, 6.45) is 0. The highest BCUT2D eigenvalue weighted by atomic mass is 19.1. The number of nitrogens with one attached hydrogen (secondary N) is 1. The number of benzene rings is 1. The molecule has 1 aromatic carbocycles. The molecular formula is C12H8F3N3O3. The molecule has 0 unspecified atom stereocenters. The number of halogens is 3. The lowest BCUT2D eigenvalue weighted by Crippen LogP contribution is -2.03. The molecule has 0 amide bonds. The number of rotatable bonds is 4. The van der Waals surface area contributed by atoms with Crippen LogP contribution < -0.4 is 10.1 Å². The lowest BCUT2D eigenvalue weighted by molar-refractivity contribution is -0.384. The Morgan fingerprint density at radius 2 is 1.81 bits per heavy atom. The highest BCUT2D eigenvalue weighted by Gasteiger charge is 2.21. The monoisotopic (exact) mass is 299 g/mol. The van der Waals surface area contributed by atoms with Gasteiger partial charge < -0.3 is 10.1 Å². The minimum Gasteiger partial charge on any atom is -0.479 e. The Balaban J connectivity index is 2.48. The third-order valence-corrected chi connectivity index (χ3v) is 2.44. The average molecular weight is 299 g/mol. The maximum atomic E-state index is 13.4. The molecule has 1 N–H and O–H groups in total. The van der Waals surface area contributed by atoms with E-state index in [0.29, 0.717) is 12.1 Å². The molecular weight excluding hydrogens is 291 g/mol. The molecule has 0 aliphatic carbocycles. The second-order valence-electron chi connectivity index (χ2n) is 3.89. The quantitative estimate of drug-likeness (QED) is 0.693. The van der Waals surface area contributed by atoms with E-state index in [-0.39, 0.29) is 5.69 Å². The van der Waals surface area contributed by atoms with Crippen molar-refractivity contribution in [2.75, 3.05) is 12.4 Å². The van der Waals surface area contributed by atoms with Crippen LogP contribution in [-0.4, -0.2) is 17.0 Å². The Morgan fingerprint density at radius 1 is 1.19 bits per heavy atom. The standard InChI is InChI=1S/C12H8F3N3O3/c1-21-12-9(15)5-10(18(19)20)11(17-12)16-8-3-6(13)2-7(14)4-8/h2-5H,1H3,(H,16,17). The number of methoxy groups -OCH3 is 1. The number of hydrogen-bond acceptors (Lipinski definition) is 5. The summed E-state index contributed by atoms with van der Waals surface area (Å²) >= 11 is 0. The highest BCUT2D eigenvalue weighted by Crippen LogP contribution is 2.30. The van der Waals surface area contributed by atoms with Gasteiger partial charge in [-0.3, -0.25) is 10.1 Å². The topological polar surface area (TPSA) is 77.3 Å². The molecule has 0 aliphatic rings. The van der Waals surface area contributed by atoms with Gasteiger partial charge in [0, 0.05) is 11.8 Å². The number of hydrogen-bond donors (Lipinski definition) is 1. The first-order valence-electron chi connectivity index (χ1n) is 5.52. The van der Waals surface area contributed by atoms with Crippen LogP contribution >= 0.6 is 0 Å². The van der Waals surface area contributed by atoms with Crippen molar-refractivity contribution in [2.45, 2.75) is 0 Å². The first-order chi connectivity index (χ1) is 9.90. The van der Waals surface area contributed by atoms with Crippen molar-refractivity contribution in [2.24, 2.45) is 0 Å². The number of nitrogens with zero attached hydrogens (tertiary/aromatic N) is 2. The van der Waals surface area contributed by atoms with E-state index in [1.165, 1.54) is 0 Å². The predicted molar refractivity (Wildman–Crippen MR) is 67.0 cm³/mol. The maximum Gasteiger partial charge on any atom is 0.314 e. The first-order valence-corrected chi connectivity index (χ1v) is 5.52. The van der Waals surface area contributed by atoms with Gasteiger partial charge in [-0.25, -0.2) is 13.2 Å². The summed E-state index contributed by atoms with van der Waals surface area (Å²) in [7, 11) is 1.13. The van der Waals surface area contributed by atoms with Crippen LogP contribution in [-0.2, 0) is 0 Å². The molecule has 0 aliphatic heterocycles. The molecule has 0 radical (unpaired) electrons. The van der Waals surface area contributed by atoms with Crippen LogP contribution in [0.3, 0.4) is 0 Å². The molecule has 6 nitrogen and oxygen atoms in total. The summed E-state index contributed by atoms with van der Waals surface area (Å²) in [6, 6.07) is 3.05. The Hall–Kier alpha value is -2.84. The molecule has 1 heterocycles. The zero-order chi connectivity index (χ0) is 15.6. The average Bonchev–Trinajstić information content (AvgIpc) is 2.38. The van der Waals surface area contributed by atoms with Crippen LogP contribution in [0.15, 0.2) is 24.3 Å². The summed E-state index contributed by atoms with van der Waals surface area (Å²) in [5, 5.41) is 13.2. The summed E-state index contributed by atoms with van der Waals surface area (Å²) in [5.74, 6) is -3.67. The van der Waals surface area contributed by atoms with E-state index in [4.69, 9.17) is 0 Å². The number of ether oxygens (including phenoxy) is 1. The number of anilines is 2. The molecule has 0 saturated carbocycles. The third kappa shape index (κ3) is 3.19. The smallest absolute Gasteiger partial charge is 0.314 e. The van der Waals surface area contributed by atoms with Crippen LogP contribution in [0.1, 0.15) is 0 Å². The molecule has 0 saturated heterocycles. The fourth-order valence-electron chi connectivity index (χ4n) is 1.60. The molecule has 21 heavy (non-hydrogen) atoms. The molecule has 0 spiro atoms. The van der Waals surface area contributed by atoms with Gasteiger partial charge in [-0.1, -0.05) is 0 Å². The van der Waals surface area contributed by atoms with Gasteiger partial charge in [0.2, 0.25) is 5.82 Å². The lowest BCUT2D eigenvalue weighted by atomic mass is 10.3. The van der Waals surface area contributed by atoms with Gasteiger partial charge in [0.25, 0.3) is 5.88 Å². The second-order valence-corrected chi connectivity index (χ2v) is 3.89. The largest absolute Gasteiger partial charge is 0.479 e. The van der Waals surface area contributed by atoms with Gasteiger partial charge in [0.05, 0.1) is 18.1 Å². The van der Waals surface area contributed by atoms with Crippen LogP contribution in [0.5, 0.6) is 5.88 Å². The van der Waals surface area contributed by atoms with Crippen LogP contribution in [0.4, 0.5) is 30.4 Å². The van der Waals surface area contributed by atoms with Crippen molar-refractivity contribution in [3.05, 3.63) is 51.8 Å². The second kappa shape index (κ2) is 5.65. The van der Waals surface area contributed by atoms with E-state index < -0.39 is 39.8 Å². The van der Waals surface area contributed by atoms with E-state index >= 15 is 0 Å². The van der Waals surface area contributed by atoms with Gasteiger partial charge in [0.15, 0.2) is 5.82 Å². The molecule has 2 rings (SSSR count). The Kier molecular flexibility index (Phi) is 3.92. The molecule has 9 heteroatoms. The lowest BCUT2D eigenvalue weighted by Gasteiger charge is -2.08. The zero-order valence-electron chi connectivity index (χ0n) is 10.6. The SMILES string of the molecule is COc1nc(Nc2cc(F)cc(F)c2)c([N+](=O)[O-])cc1F. The van der Waals surface area contributed by atoms with Gasteiger partial charge in [-0.2, -0.15) is 4.98 Å². The van der Waals surface area contributed by atoms with Gasteiger partial charge >= 0.3 is 5.69 Å². The normalized spacial score (nSPS) is 10.3. The van der Waals surface area contributed by atoms with Crippen LogP contribution in [0.25, 0.3) is 0 Å². The Morgan fingerprint density at radius 3 is 2.33 bits per heavy atom. The van der Waals surface area contributed by atoms with Gasteiger partial charge in [-0.05, 0) is 12.1 Å². The van der Waals surface area contributed by atoms with Crippen molar-refractivity contribution in [1.82, 2.24) is 4.98 Å². The summed E-state index contributed by atoms with van der Waals surface area (Å²) < 4.78 is 44.2. The predicted octanol–water partition coefficient (Wildman–Crippen LogP) is 3.16. The number of nitro groups is 1. The molecule has 0 bridgehead atoms. The van der Waals surface area contributed by atoms with E-state index in [1.807, 2.05) is 0 Å². The van der Waals surface area contributed by atoms with E-state index in [0.717, 1.165) is 19.2 Å². The zero-order valence-corrected chi connectivity index (χ0v) is 10.6. The van der Waals surface area contributed by atoms with Crippen LogP contribution in [0.2, 0.25) is 0 Å². The van der Waals surface area contributed by atoms with Crippen molar-refractivity contribution >= 4 is 17.2 Å². The summed E-state index contributed by atoms with van der Waals surface area (Å²) in [4.78, 5) is 13.6. The van der Waals surface area contributed by atoms with Gasteiger partial charge in [-0.15, -0.1) is 0 Å². The molecule has 110 valence electrons. The Labute approximate surface area is 116 Å². The molecule has 1 aromatic heterocycles. The van der Waals surface area contributed by atoms with E-state index in [1.54, 1.807) is 0 Å². The van der Waals surface area contributed by atoms with E-state index in [9.17, 15) is 23.3 Å². The first kappa shape index (κ1) is 14.6.